The molecule has 6 nitrogen and oxygen atoms in total. The number of nitrogen functional groups attached to an aromatic ring is 1. The van der Waals surface area contributed by atoms with E-state index < -0.39 is 0 Å². The Morgan fingerprint density at radius 2 is 2.15 bits per heavy atom. The highest BCUT2D eigenvalue weighted by molar-refractivity contribution is 5.75. The number of carbonyl (C=O) groups excluding carboxylic acids is 1. The Kier molecular flexibility index (Phi) is 4.70. The molecule has 1 atom stereocenters. The lowest BCUT2D eigenvalue weighted by Gasteiger charge is -2.13. The van der Waals surface area contributed by atoms with Crippen LogP contribution in [0.15, 0.2) is 36.7 Å². The number of hydrogen-bond donors (Lipinski definition) is 2. The second-order valence-corrected chi connectivity index (χ2v) is 4.79. The lowest BCUT2D eigenvalue weighted by atomic mass is 10.1. The van der Waals surface area contributed by atoms with Crippen LogP contribution >= 0.6 is 0 Å². The average Bonchev–Trinajstić information content (AvgIpc) is 2.83. The number of nitrogens with two attached hydrogens (primary N) is 1. The van der Waals surface area contributed by atoms with Gasteiger partial charge in [0.15, 0.2) is 0 Å². The van der Waals surface area contributed by atoms with Gasteiger partial charge in [0.05, 0.1) is 0 Å². The Hall–Kier alpha value is -2.37. The third-order valence-electron chi connectivity index (χ3n) is 2.98. The molecule has 2 rings (SSSR count). The summed E-state index contributed by atoms with van der Waals surface area (Å²) in [5, 5.41) is 6.81. The predicted octanol–water partition coefficient (Wildman–Crippen LogP) is 0.998. The van der Waals surface area contributed by atoms with Crippen LogP contribution in [0.3, 0.4) is 0 Å². The van der Waals surface area contributed by atoms with Crippen LogP contribution < -0.4 is 11.1 Å². The summed E-state index contributed by atoms with van der Waals surface area (Å²) >= 11 is 0. The van der Waals surface area contributed by atoms with Crippen molar-refractivity contribution in [1.29, 1.82) is 0 Å². The third kappa shape index (κ3) is 4.38. The topological polar surface area (TPSA) is 85.8 Å². The molecule has 3 N–H and O–H groups in total. The molecule has 0 aliphatic heterocycles. The second kappa shape index (κ2) is 6.70. The molecule has 0 saturated carbocycles. The van der Waals surface area contributed by atoms with Crippen LogP contribution in [0.4, 0.5) is 5.95 Å². The van der Waals surface area contributed by atoms with Crippen LogP contribution in [0.5, 0.6) is 0 Å². The molecular weight excluding hydrogens is 254 g/mol. The number of carbonyl (C=O) groups is 1. The van der Waals surface area contributed by atoms with Crippen molar-refractivity contribution in [2.45, 2.75) is 32.4 Å². The molecule has 6 heteroatoms. The molecule has 106 valence electrons. The Labute approximate surface area is 118 Å². The summed E-state index contributed by atoms with van der Waals surface area (Å²) in [5.74, 6) is 0.0883. The van der Waals surface area contributed by atoms with Gasteiger partial charge in [-0.15, -0.1) is 5.10 Å². The summed E-state index contributed by atoms with van der Waals surface area (Å²) in [6, 6.07) is 10.3. The molecule has 1 aromatic heterocycles. The minimum Gasteiger partial charge on any atom is -0.367 e. The van der Waals surface area contributed by atoms with Gasteiger partial charge >= 0.3 is 0 Å². The normalized spacial score (nSPS) is 12.1. The molecule has 20 heavy (non-hydrogen) atoms. The maximum absolute atomic E-state index is 11.8. The summed E-state index contributed by atoms with van der Waals surface area (Å²) in [6.07, 6.45) is 3.29. The Morgan fingerprint density at radius 3 is 2.80 bits per heavy atom. The summed E-state index contributed by atoms with van der Waals surface area (Å²) in [7, 11) is 0. The van der Waals surface area contributed by atoms with Crippen molar-refractivity contribution in [3.63, 3.8) is 0 Å². The summed E-state index contributed by atoms with van der Waals surface area (Å²) in [4.78, 5) is 15.6. The van der Waals surface area contributed by atoms with Gasteiger partial charge in [-0.25, -0.2) is 9.67 Å². The molecule has 0 fully saturated rings. The minimum absolute atomic E-state index is 0.0875. The molecular formula is C14H19N5O. The largest absolute Gasteiger partial charge is 0.367 e. The fourth-order valence-electron chi connectivity index (χ4n) is 1.95. The zero-order valence-corrected chi connectivity index (χ0v) is 11.5. The SMILES string of the molecule is CC(CCc1ccccc1)NC(=O)Cn1cnc(N)n1. The number of benzene rings is 1. The molecule has 0 radical (unpaired) electrons. The smallest absolute Gasteiger partial charge is 0.242 e. The molecule has 0 saturated heterocycles. The van der Waals surface area contributed by atoms with Gasteiger partial charge in [-0.2, -0.15) is 0 Å². The van der Waals surface area contributed by atoms with E-state index in [4.69, 9.17) is 5.73 Å². The van der Waals surface area contributed by atoms with Crippen molar-refractivity contribution in [3.8, 4) is 0 Å². The van der Waals surface area contributed by atoms with Gasteiger partial charge in [-0.3, -0.25) is 4.79 Å². The zero-order chi connectivity index (χ0) is 14.4. The zero-order valence-electron chi connectivity index (χ0n) is 11.5. The van der Waals surface area contributed by atoms with E-state index in [1.54, 1.807) is 0 Å². The van der Waals surface area contributed by atoms with Crippen molar-refractivity contribution in [2.75, 3.05) is 5.73 Å². The number of amides is 1. The van der Waals surface area contributed by atoms with Gasteiger partial charge in [-0.05, 0) is 25.3 Å². The van der Waals surface area contributed by atoms with Crippen LogP contribution in [0, 0.1) is 0 Å². The van der Waals surface area contributed by atoms with Crippen LogP contribution in [-0.2, 0) is 17.8 Å². The van der Waals surface area contributed by atoms with Crippen molar-refractivity contribution in [2.24, 2.45) is 0 Å². The van der Waals surface area contributed by atoms with E-state index in [0.717, 1.165) is 12.8 Å². The molecule has 2 aromatic rings. The fourth-order valence-corrected chi connectivity index (χ4v) is 1.95. The lowest BCUT2D eigenvalue weighted by molar-refractivity contribution is -0.122. The van der Waals surface area contributed by atoms with E-state index >= 15 is 0 Å². The van der Waals surface area contributed by atoms with E-state index in [2.05, 4.69) is 27.5 Å². The fraction of sp³-hybridized carbons (Fsp3) is 0.357. The summed E-state index contributed by atoms with van der Waals surface area (Å²) in [6.45, 7) is 2.14. The molecule has 1 heterocycles. The third-order valence-corrected chi connectivity index (χ3v) is 2.98. The maximum Gasteiger partial charge on any atom is 0.242 e. The van der Waals surface area contributed by atoms with Gasteiger partial charge in [0.2, 0.25) is 11.9 Å². The summed E-state index contributed by atoms with van der Waals surface area (Å²) in [5.41, 5.74) is 6.67. The first-order valence-corrected chi connectivity index (χ1v) is 6.61. The number of aromatic nitrogens is 3. The Bertz CT molecular complexity index is 552. The first kappa shape index (κ1) is 14.0. The predicted molar refractivity (Wildman–Crippen MR) is 76.8 cm³/mol. The molecule has 1 unspecified atom stereocenters. The molecule has 1 aromatic carbocycles. The minimum atomic E-state index is -0.0875. The van der Waals surface area contributed by atoms with Gasteiger partial charge in [0.25, 0.3) is 0 Å². The highest BCUT2D eigenvalue weighted by atomic mass is 16.2. The molecule has 0 aliphatic rings. The van der Waals surface area contributed by atoms with Gasteiger partial charge in [0.1, 0.15) is 12.9 Å². The number of anilines is 1. The van der Waals surface area contributed by atoms with E-state index in [0.29, 0.717) is 0 Å². The number of aryl methyl sites for hydroxylation is 1. The Morgan fingerprint density at radius 1 is 1.40 bits per heavy atom. The number of rotatable bonds is 6. The first-order valence-electron chi connectivity index (χ1n) is 6.61. The van der Waals surface area contributed by atoms with Gasteiger partial charge in [-0.1, -0.05) is 30.3 Å². The van der Waals surface area contributed by atoms with Gasteiger partial charge < -0.3 is 11.1 Å². The average molecular weight is 273 g/mol. The molecule has 0 bridgehead atoms. The van der Waals surface area contributed by atoms with Crippen LogP contribution in [0.2, 0.25) is 0 Å². The monoisotopic (exact) mass is 273 g/mol. The van der Waals surface area contributed by atoms with Crippen LogP contribution in [0.1, 0.15) is 18.9 Å². The van der Waals surface area contributed by atoms with Crippen LogP contribution in [0.25, 0.3) is 0 Å². The summed E-state index contributed by atoms with van der Waals surface area (Å²) < 4.78 is 1.43. The van der Waals surface area contributed by atoms with Crippen LogP contribution in [-0.4, -0.2) is 26.7 Å². The number of hydrogen-bond acceptors (Lipinski definition) is 4. The van der Waals surface area contributed by atoms with Crippen molar-refractivity contribution >= 4 is 11.9 Å². The highest BCUT2D eigenvalue weighted by Crippen LogP contribution is 2.04. The highest BCUT2D eigenvalue weighted by Gasteiger charge is 2.09. The van der Waals surface area contributed by atoms with Crippen molar-refractivity contribution in [1.82, 2.24) is 20.1 Å². The lowest BCUT2D eigenvalue weighted by Crippen LogP contribution is -2.35. The maximum atomic E-state index is 11.8. The first-order chi connectivity index (χ1) is 9.63. The number of nitrogens with zero attached hydrogens (tertiary/aromatic N) is 3. The van der Waals surface area contributed by atoms with E-state index in [9.17, 15) is 4.79 Å². The Balaban J connectivity index is 1.73. The van der Waals surface area contributed by atoms with E-state index in [-0.39, 0.29) is 24.4 Å². The molecule has 0 aliphatic carbocycles. The molecule has 1 amide bonds. The van der Waals surface area contributed by atoms with Crippen molar-refractivity contribution < 1.29 is 4.79 Å². The molecule has 0 spiro atoms. The quantitative estimate of drug-likeness (QED) is 0.822. The van der Waals surface area contributed by atoms with E-state index in [1.807, 2.05) is 25.1 Å². The number of nitrogens with one attached hydrogen (secondary N) is 1. The van der Waals surface area contributed by atoms with Crippen molar-refractivity contribution in [3.05, 3.63) is 42.2 Å². The second-order valence-electron chi connectivity index (χ2n) is 4.79. The van der Waals surface area contributed by atoms with Gasteiger partial charge in [0, 0.05) is 6.04 Å². The standard InChI is InChI=1S/C14H19N5O/c1-11(7-8-12-5-3-2-4-6-12)17-13(20)9-19-10-16-14(15)18-19/h2-6,10-11H,7-9H2,1H3,(H2,15,18)(H,17,20). The van der Waals surface area contributed by atoms with E-state index in [1.165, 1.54) is 16.6 Å².